The summed E-state index contributed by atoms with van der Waals surface area (Å²) in [6.45, 7) is 5.74. The Kier molecular flexibility index (Phi) is 4.21. The molecule has 0 aromatic carbocycles. The van der Waals surface area contributed by atoms with Gasteiger partial charge in [0.15, 0.2) is 0 Å². The van der Waals surface area contributed by atoms with Crippen LogP contribution in [0, 0.1) is 5.92 Å². The first-order valence-electron chi connectivity index (χ1n) is 7.35. The van der Waals surface area contributed by atoms with Crippen LogP contribution in [0.3, 0.4) is 0 Å². The third kappa shape index (κ3) is 3.30. The van der Waals surface area contributed by atoms with Crippen LogP contribution in [0.15, 0.2) is 0 Å². The normalized spacial score (nSPS) is 21.6. The van der Waals surface area contributed by atoms with Crippen molar-refractivity contribution in [3.8, 4) is 0 Å². The summed E-state index contributed by atoms with van der Waals surface area (Å²) in [6.07, 6.45) is 5.09. The van der Waals surface area contributed by atoms with E-state index in [1.165, 1.54) is 45.3 Å². The molecule has 0 radical (unpaired) electrons. The molecule has 3 rings (SSSR count). The van der Waals surface area contributed by atoms with Gasteiger partial charge >= 0.3 is 0 Å². The molecule has 0 saturated carbocycles. The van der Waals surface area contributed by atoms with Crippen molar-refractivity contribution in [3.63, 3.8) is 0 Å². The Morgan fingerprint density at radius 1 is 1.05 bits per heavy atom. The number of anilines is 2. The molecule has 6 nitrogen and oxygen atoms in total. The van der Waals surface area contributed by atoms with Gasteiger partial charge in [0.1, 0.15) is 0 Å². The number of nitrogens with two attached hydrogens (primary N) is 1. The van der Waals surface area contributed by atoms with Gasteiger partial charge in [-0.1, -0.05) is 0 Å². The van der Waals surface area contributed by atoms with E-state index in [4.69, 9.17) is 17.3 Å². The second kappa shape index (κ2) is 6.10. The number of piperidine rings is 1. The maximum absolute atomic E-state index is 5.84. The first-order chi connectivity index (χ1) is 9.70. The predicted molar refractivity (Wildman–Crippen MR) is 79.9 cm³/mol. The first kappa shape index (κ1) is 13.8. The molecule has 1 aromatic heterocycles. The fraction of sp³-hybridized carbons (Fsp3) is 0.769. The Labute approximate surface area is 124 Å². The van der Waals surface area contributed by atoms with Gasteiger partial charge in [-0.3, -0.25) is 0 Å². The summed E-state index contributed by atoms with van der Waals surface area (Å²) in [7, 11) is 0. The van der Waals surface area contributed by atoms with Crippen molar-refractivity contribution < 1.29 is 0 Å². The van der Waals surface area contributed by atoms with E-state index >= 15 is 0 Å². The van der Waals surface area contributed by atoms with Crippen molar-refractivity contribution in [2.45, 2.75) is 25.7 Å². The standard InChI is InChI=1S/C13H21ClN6/c14-11-16-12(15)18-13(17-11)20-7-3-10(4-8-20)9-19-5-1-2-6-19/h10H,1-9H2,(H2,15,16,17,18). The highest BCUT2D eigenvalue weighted by molar-refractivity contribution is 6.28. The van der Waals surface area contributed by atoms with Crippen LogP contribution in [0.4, 0.5) is 11.9 Å². The molecule has 2 aliphatic rings. The second-order valence-corrected chi connectivity index (χ2v) is 6.04. The van der Waals surface area contributed by atoms with E-state index in [2.05, 4.69) is 24.8 Å². The third-order valence-corrected chi connectivity index (χ3v) is 4.40. The van der Waals surface area contributed by atoms with E-state index in [0.29, 0.717) is 5.95 Å². The fourth-order valence-corrected chi connectivity index (χ4v) is 3.30. The highest BCUT2D eigenvalue weighted by Crippen LogP contribution is 2.23. The van der Waals surface area contributed by atoms with Gasteiger partial charge in [-0.25, -0.2) is 0 Å². The lowest BCUT2D eigenvalue weighted by molar-refractivity contribution is 0.249. The molecule has 7 heteroatoms. The zero-order valence-corrected chi connectivity index (χ0v) is 12.4. The molecule has 1 aromatic rings. The maximum atomic E-state index is 5.84. The lowest BCUT2D eigenvalue weighted by Crippen LogP contribution is -2.39. The van der Waals surface area contributed by atoms with Crippen LogP contribution in [0.2, 0.25) is 5.28 Å². The van der Waals surface area contributed by atoms with Crippen LogP contribution in [-0.4, -0.2) is 52.6 Å². The molecular weight excluding hydrogens is 276 g/mol. The Hall–Kier alpha value is -1.14. The molecule has 110 valence electrons. The van der Waals surface area contributed by atoms with Gasteiger partial charge in [0.25, 0.3) is 0 Å². The van der Waals surface area contributed by atoms with Crippen molar-refractivity contribution in [2.75, 3.05) is 43.4 Å². The van der Waals surface area contributed by atoms with Crippen LogP contribution < -0.4 is 10.6 Å². The van der Waals surface area contributed by atoms with E-state index in [0.717, 1.165) is 19.0 Å². The number of hydrogen-bond donors (Lipinski definition) is 1. The van der Waals surface area contributed by atoms with Gasteiger partial charge < -0.3 is 15.5 Å². The molecular formula is C13H21ClN6. The molecule has 0 aliphatic carbocycles. The van der Waals surface area contributed by atoms with Gasteiger partial charge in [0.05, 0.1) is 0 Å². The number of aromatic nitrogens is 3. The van der Waals surface area contributed by atoms with E-state index < -0.39 is 0 Å². The van der Waals surface area contributed by atoms with Crippen molar-refractivity contribution in [1.82, 2.24) is 19.9 Å². The largest absolute Gasteiger partial charge is 0.368 e. The summed E-state index contributed by atoms with van der Waals surface area (Å²) in [5, 5.41) is 0.173. The molecule has 0 atom stereocenters. The van der Waals surface area contributed by atoms with Gasteiger partial charge in [0.2, 0.25) is 17.2 Å². The number of hydrogen-bond acceptors (Lipinski definition) is 6. The Balaban J connectivity index is 1.55. The van der Waals surface area contributed by atoms with Gasteiger partial charge in [-0.15, -0.1) is 0 Å². The smallest absolute Gasteiger partial charge is 0.231 e. The SMILES string of the molecule is Nc1nc(Cl)nc(N2CCC(CN3CCCC3)CC2)n1. The Bertz CT molecular complexity index is 434. The molecule has 0 bridgehead atoms. The Morgan fingerprint density at radius 3 is 2.40 bits per heavy atom. The van der Waals surface area contributed by atoms with Crippen LogP contribution in [0.5, 0.6) is 0 Å². The highest BCUT2D eigenvalue weighted by Gasteiger charge is 2.24. The number of halogens is 1. The molecule has 20 heavy (non-hydrogen) atoms. The van der Waals surface area contributed by atoms with Crippen LogP contribution in [-0.2, 0) is 0 Å². The minimum atomic E-state index is 0.173. The van der Waals surface area contributed by atoms with Crippen LogP contribution >= 0.6 is 11.6 Å². The lowest BCUT2D eigenvalue weighted by Gasteiger charge is -2.33. The van der Waals surface area contributed by atoms with Crippen molar-refractivity contribution in [2.24, 2.45) is 5.92 Å². The lowest BCUT2D eigenvalue weighted by atomic mass is 9.96. The van der Waals surface area contributed by atoms with Crippen LogP contribution in [0.1, 0.15) is 25.7 Å². The predicted octanol–water partition coefficient (Wildman–Crippen LogP) is 1.42. The minimum absolute atomic E-state index is 0.173. The topological polar surface area (TPSA) is 71.2 Å². The average Bonchev–Trinajstić information content (AvgIpc) is 2.91. The van der Waals surface area contributed by atoms with E-state index in [-0.39, 0.29) is 11.2 Å². The monoisotopic (exact) mass is 296 g/mol. The summed E-state index contributed by atoms with van der Waals surface area (Å²) in [5.74, 6) is 1.60. The quantitative estimate of drug-likeness (QED) is 0.909. The van der Waals surface area contributed by atoms with E-state index in [9.17, 15) is 0 Å². The number of nitrogen functional groups attached to an aromatic ring is 1. The van der Waals surface area contributed by atoms with E-state index in [1.807, 2.05) is 0 Å². The van der Waals surface area contributed by atoms with Gasteiger partial charge in [0, 0.05) is 19.6 Å². The summed E-state index contributed by atoms with van der Waals surface area (Å²) in [5.41, 5.74) is 5.62. The fourth-order valence-electron chi connectivity index (χ4n) is 3.14. The second-order valence-electron chi connectivity index (χ2n) is 5.70. The summed E-state index contributed by atoms with van der Waals surface area (Å²) < 4.78 is 0. The molecule has 0 unspecified atom stereocenters. The molecule has 0 amide bonds. The number of nitrogens with zero attached hydrogens (tertiary/aromatic N) is 5. The molecule has 2 saturated heterocycles. The molecule has 3 heterocycles. The zero-order chi connectivity index (χ0) is 13.9. The van der Waals surface area contributed by atoms with Gasteiger partial charge in [-0.05, 0) is 56.3 Å². The maximum Gasteiger partial charge on any atom is 0.231 e. The highest BCUT2D eigenvalue weighted by atomic mass is 35.5. The van der Waals surface area contributed by atoms with Crippen molar-refractivity contribution in [1.29, 1.82) is 0 Å². The van der Waals surface area contributed by atoms with Crippen molar-refractivity contribution >= 4 is 23.5 Å². The summed E-state index contributed by atoms with van der Waals surface area (Å²) in [6, 6.07) is 0. The molecule has 0 spiro atoms. The first-order valence-corrected chi connectivity index (χ1v) is 7.73. The molecule has 2 fully saturated rings. The summed E-state index contributed by atoms with van der Waals surface area (Å²) in [4.78, 5) is 16.9. The van der Waals surface area contributed by atoms with Crippen LogP contribution in [0.25, 0.3) is 0 Å². The molecule has 2 aliphatic heterocycles. The average molecular weight is 297 g/mol. The third-order valence-electron chi connectivity index (χ3n) is 4.23. The summed E-state index contributed by atoms with van der Waals surface area (Å²) >= 11 is 5.84. The number of rotatable bonds is 3. The minimum Gasteiger partial charge on any atom is -0.368 e. The van der Waals surface area contributed by atoms with Gasteiger partial charge in [-0.2, -0.15) is 15.0 Å². The Morgan fingerprint density at radius 2 is 1.75 bits per heavy atom. The number of likely N-dealkylation sites (tertiary alicyclic amines) is 1. The van der Waals surface area contributed by atoms with Crippen molar-refractivity contribution in [3.05, 3.63) is 5.28 Å². The van der Waals surface area contributed by atoms with E-state index in [1.54, 1.807) is 0 Å². The zero-order valence-electron chi connectivity index (χ0n) is 11.6. The molecule has 2 N–H and O–H groups in total.